The fourth-order valence-electron chi connectivity index (χ4n) is 3.81. The lowest BCUT2D eigenvalue weighted by atomic mass is 9.74. The summed E-state index contributed by atoms with van der Waals surface area (Å²) in [5.74, 6) is -0.738. The number of aryl methyl sites for hydroxylation is 1. The van der Waals surface area contributed by atoms with Gasteiger partial charge in [0.15, 0.2) is 5.78 Å². The highest BCUT2D eigenvalue weighted by molar-refractivity contribution is 6.07. The molecule has 0 heterocycles. The second-order valence-corrected chi connectivity index (χ2v) is 8.16. The molecule has 0 aliphatic heterocycles. The molecular weight excluding hydrogens is 398 g/mol. The zero-order chi connectivity index (χ0) is 23.1. The van der Waals surface area contributed by atoms with Crippen LogP contribution in [0.15, 0.2) is 90.5 Å². The minimum Gasteiger partial charge on any atom is -0.326 e. The SMILES string of the molecule is Cc1ccc(C(=O)C(c2ccccc2)C(C(=O)Nc2ccccc2)C(=C=O)C(C)C)cc1. The third-order valence-electron chi connectivity index (χ3n) is 5.51. The van der Waals surface area contributed by atoms with Crippen molar-refractivity contribution in [2.24, 2.45) is 11.8 Å². The van der Waals surface area contributed by atoms with Gasteiger partial charge in [-0.15, -0.1) is 0 Å². The highest BCUT2D eigenvalue weighted by atomic mass is 16.2. The van der Waals surface area contributed by atoms with Crippen LogP contribution < -0.4 is 5.32 Å². The van der Waals surface area contributed by atoms with E-state index in [0.717, 1.165) is 5.56 Å². The molecule has 0 fully saturated rings. The molecule has 0 radical (unpaired) electrons. The van der Waals surface area contributed by atoms with Gasteiger partial charge in [-0.25, -0.2) is 4.79 Å². The van der Waals surface area contributed by atoms with Crippen molar-refractivity contribution in [3.63, 3.8) is 0 Å². The predicted octanol–water partition coefficient (Wildman–Crippen LogP) is 5.63. The molecule has 1 amide bonds. The normalized spacial score (nSPS) is 12.5. The van der Waals surface area contributed by atoms with E-state index < -0.39 is 17.7 Å². The van der Waals surface area contributed by atoms with Crippen molar-refractivity contribution in [1.82, 2.24) is 0 Å². The summed E-state index contributed by atoms with van der Waals surface area (Å²) in [5, 5.41) is 2.89. The van der Waals surface area contributed by atoms with Gasteiger partial charge in [0.2, 0.25) is 5.91 Å². The molecule has 3 rings (SSSR count). The molecule has 3 aromatic carbocycles. The minimum atomic E-state index is -0.996. The Bertz CT molecular complexity index is 1110. The molecule has 162 valence electrons. The average molecular weight is 426 g/mol. The number of Topliss-reactive ketones (excluding diaryl/α,β-unsaturated/α-hetero) is 1. The second-order valence-electron chi connectivity index (χ2n) is 8.16. The summed E-state index contributed by atoms with van der Waals surface area (Å²) in [7, 11) is 0. The van der Waals surface area contributed by atoms with Gasteiger partial charge in [-0.3, -0.25) is 9.59 Å². The van der Waals surface area contributed by atoms with Gasteiger partial charge in [0.25, 0.3) is 0 Å². The summed E-state index contributed by atoms with van der Waals surface area (Å²) in [4.78, 5) is 39.4. The molecule has 2 unspecified atom stereocenters. The van der Waals surface area contributed by atoms with Crippen LogP contribution in [0.25, 0.3) is 0 Å². The van der Waals surface area contributed by atoms with Crippen LogP contribution in [0.5, 0.6) is 0 Å². The van der Waals surface area contributed by atoms with Crippen molar-refractivity contribution < 1.29 is 14.4 Å². The summed E-state index contributed by atoms with van der Waals surface area (Å²) in [6, 6.07) is 25.4. The number of carbonyl (C=O) groups excluding carboxylic acids is 3. The molecule has 3 aromatic rings. The lowest BCUT2D eigenvalue weighted by Crippen LogP contribution is -2.35. The van der Waals surface area contributed by atoms with Crippen molar-refractivity contribution >= 4 is 23.3 Å². The zero-order valence-corrected chi connectivity index (χ0v) is 18.5. The van der Waals surface area contributed by atoms with Crippen LogP contribution in [-0.4, -0.2) is 17.6 Å². The van der Waals surface area contributed by atoms with Gasteiger partial charge in [-0.1, -0.05) is 92.2 Å². The number of carbonyl (C=O) groups is 2. The van der Waals surface area contributed by atoms with Gasteiger partial charge in [0, 0.05) is 16.8 Å². The number of amides is 1. The average Bonchev–Trinajstić information content (AvgIpc) is 2.80. The van der Waals surface area contributed by atoms with Crippen molar-refractivity contribution in [1.29, 1.82) is 0 Å². The van der Waals surface area contributed by atoms with Crippen LogP contribution in [0.4, 0.5) is 5.69 Å². The number of hydrogen-bond acceptors (Lipinski definition) is 3. The standard InChI is InChI=1S/C28H27NO3/c1-19(2)24(18-30)26(28(32)29-23-12-8-5-9-13-23)25(21-10-6-4-7-11-21)27(31)22-16-14-20(3)15-17-22/h4-17,19,25-26H,1-3H3,(H,29,32). The molecule has 0 aliphatic carbocycles. The molecule has 0 saturated carbocycles. The summed E-state index contributed by atoms with van der Waals surface area (Å²) < 4.78 is 0. The van der Waals surface area contributed by atoms with Crippen LogP contribution in [0.1, 0.15) is 41.3 Å². The van der Waals surface area contributed by atoms with E-state index in [0.29, 0.717) is 16.8 Å². The summed E-state index contributed by atoms with van der Waals surface area (Å²) in [5.41, 5.74) is 3.08. The molecule has 0 spiro atoms. The highest BCUT2D eigenvalue weighted by Crippen LogP contribution is 2.36. The first-order valence-electron chi connectivity index (χ1n) is 10.7. The van der Waals surface area contributed by atoms with Gasteiger partial charge < -0.3 is 5.32 Å². The first-order chi connectivity index (χ1) is 15.4. The van der Waals surface area contributed by atoms with E-state index in [9.17, 15) is 14.4 Å². The molecule has 0 saturated heterocycles. The fourth-order valence-corrected chi connectivity index (χ4v) is 3.81. The summed E-state index contributed by atoms with van der Waals surface area (Å²) in [6.07, 6.45) is 0. The van der Waals surface area contributed by atoms with E-state index in [4.69, 9.17) is 0 Å². The van der Waals surface area contributed by atoms with Crippen LogP contribution in [-0.2, 0) is 9.59 Å². The number of anilines is 1. The molecule has 4 heteroatoms. The van der Waals surface area contributed by atoms with Gasteiger partial charge in [-0.05, 0) is 30.5 Å². The molecule has 4 nitrogen and oxygen atoms in total. The third kappa shape index (κ3) is 5.29. The zero-order valence-electron chi connectivity index (χ0n) is 18.5. The van der Waals surface area contributed by atoms with Crippen molar-refractivity contribution in [3.05, 3.63) is 107 Å². The second kappa shape index (κ2) is 10.5. The topological polar surface area (TPSA) is 63.2 Å². The van der Waals surface area contributed by atoms with Gasteiger partial charge in [0.1, 0.15) is 5.94 Å². The van der Waals surface area contributed by atoms with E-state index in [1.807, 2.05) is 87.4 Å². The third-order valence-corrected chi connectivity index (χ3v) is 5.51. The number of benzene rings is 3. The number of ketones is 1. The Kier molecular flexibility index (Phi) is 7.54. The lowest BCUT2D eigenvalue weighted by molar-refractivity contribution is -0.119. The number of nitrogens with one attached hydrogen (secondary N) is 1. The first-order valence-corrected chi connectivity index (χ1v) is 10.7. The molecular formula is C28H27NO3. The Hall–Kier alpha value is -3.75. The Morgan fingerprint density at radius 3 is 1.91 bits per heavy atom. The van der Waals surface area contributed by atoms with E-state index >= 15 is 0 Å². The number of para-hydroxylation sites is 1. The van der Waals surface area contributed by atoms with E-state index in [1.165, 1.54) is 0 Å². The van der Waals surface area contributed by atoms with Crippen molar-refractivity contribution in [2.45, 2.75) is 26.7 Å². The Morgan fingerprint density at radius 1 is 0.812 bits per heavy atom. The maximum Gasteiger partial charge on any atom is 0.233 e. The quantitative estimate of drug-likeness (QED) is 0.376. The van der Waals surface area contributed by atoms with Crippen LogP contribution in [0, 0.1) is 18.8 Å². The highest BCUT2D eigenvalue weighted by Gasteiger charge is 2.39. The van der Waals surface area contributed by atoms with Crippen LogP contribution in [0.2, 0.25) is 0 Å². The maximum absolute atomic E-state index is 13.8. The van der Waals surface area contributed by atoms with E-state index in [1.54, 1.807) is 24.3 Å². The predicted molar refractivity (Wildman–Crippen MR) is 127 cm³/mol. The number of hydrogen-bond donors (Lipinski definition) is 1. The van der Waals surface area contributed by atoms with E-state index in [2.05, 4.69) is 5.32 Å². The monoisotopic (exact) mass is 425 g/mol. The number of rotatable bonds is 8. The molecule has 0 aliphatic rings. The Labute approximate surface area is 189 Å². The fraction of sp³-hybridized carbons (Fsp3) is 0.214. The largest absolute Gasteiger partial charge is 0.326 e. The van der Waals surface area contributed by atoms with Gasteiger partial charge >= 0.3 is 0 Å². The van der Waals surface area contributed by atoms with Crippen molar-refractivity contribution in [3.8, 4) is 0 Å². The molecule has 32 heavy (non-hydrogen) atoms. The summed E-state index contributed by atoms with van der Waals surface area (Å²) >= 11 is 0. The molecule has 2 atom stereocenters. The minimum absolute atomic E-state index is 0.210. The summed E-state index contributed by atoms with van der Waals surface area (Å²) in [6.45, 7) is 5.62. The van der Waals surface area contributed by atoms with Crippen LogP contribution in [0.3, 0.4) is 0 Å². The Balaban J connectivity index is 2.14. The van der Waals surface area contributed by atoms with Gasteiger partial charge in [-0.2, -0.15) is 0 Å². The Morgan fingerprint density at radius 2 is 1.38 bits per heavy atom. The smallest absolute Gasteiger partial charge is 0.233 e. The van der Waals surface area contributed by atoms with Gasteiger partial charge in [0.05, 0.1) is 11.8 Å². The van der Waals surface area contributed by atoms with E-state index in [-0.39, 0.29) is 17.3 Å². The lowest BCUT2D eigenvalue weighted by Gasteiger charge is -2.28. The maximum atomic E-state index is 13.8. The van der Waals surface area contributed by atoms with Crippen molar-refractivity contribution in [2.75, 3.05) is 5.32 Å². The van der Waals surface area contributed by atoms with Crippen LogP contribution >= 0.6 is 0 Å². The molecule has 0 aromatic heterocycles. The first kappa shape index (κ1) is 22.9. The molecule has 1 N–H and O–H groups in total. The molecule has 0 bridgehead atoms.